The Morgan fingerprint density at radius 1 is 0.806 bits per heavy atom. The summed E-state index contributed by atoms with van der Waals surface area (Å²) in [4.78, 5) is 0. The first-order valence-electron chi connectivity index (χ1n) is 13.3. The van der Waals surface area contributed by atoms with Gasteiger partial charge in [-0.2, -0.15) is 5.26 Å². The number of halogens is 1. The van der Waals surface area contributed by atoms with Gasteiger partial charge in [0.05, 0.1) is 11.5 Å². The van der Waals surface area contributed by atoms with Crippen LogP contribution in [0.15, 0.2) is 0 Å². The van der Waals surface area contributed by atoms with Gasteiger partial charge in [0.2, 0.25) is 0 Å². The molecule has 31 heavy (non-hydrogen) atoms. The maximum Gasteiger partial charge on any atom is 0.100 e. The molecule has 0 spiro atoms. The van der Waals surface area contributed by atoms with Crippen molar-refractivity contribution < 1.29 is 4.39 Å². The molecule has 0 aromatic rings. The van der Waals surface area contributed by atoms with E-state index in [4.69, 9.17) is 0 Å². The standard InChI is InChI=1S/C26H43FN4/c1-26(2,15-28)19-8-3-17(4-9-19)25-24-21-13-18(16-5-10-20(27)11-6-16)7-12-22(21)29-14-23(24)30-31-25/h16-25,29-31H,3-14H2,1-2H3. The van der Waals surface area contributed by atoms with Crippen LogP contribution >= 0.6 is 0 Å². The van der Waals surface area contributed by atoms with Crippen molar-refractivity contribution in [2.24, 2.45) is 40.9 Å². The molecule has 0 amide bonds. The lowest BCUT2D eigenvalue weighted by Gasteiger charge is -2.50. The smallest absolute Gasteiger partial charge is 0.100 e. The lowest BCUT2D eigenvalue weighted by molar-refractivity contribution is 0.0393. The largest absolute Gasteiger partial charge is 0.312 e. The van der Waals surface area contributed by atoms with E-state index in [1.54, 1.807) is 0 Å². The highest BCUT2D eigenvalue weighted by Crippen LogP contribution is 2.49. The van der Waals surface area contributed by atoms with Gasteiger partial charge in [0.25, 0.3) is 0 Å². The van der Waals surface area contributed by atoms with Gasteiger partial charge in [-0.25, -0.2) is 4.39 Å². The Balaban J connectivity index is 1.25. The zero-order chi connectivity index (χ0) is 21.6. The zero-order valence-corrected chi connectivity index (χ0v) is 19.6. The number of alkyl halides is 1. The Labute approximate surface area is 188 Å². The quantitative estimate of drug-likeness (QED) is 0.606. The average molecular weight is 431 g/mol. The second-order valence-electron chi connectivity index (χ2n) is 12.2. The first-order chi connectivity index (χ1) is 15.0. The van der Waals surface area contributed by atoms with Gasteiger partial charge in [-0.3, -0.25) is 10.9 Å². The Bertz CT molecular complexity index is 659. The molecule has 5 rings (SSSR count). The fraction of sp³-hybridized carbons (Fsp3) is 0.962. The van der Waals surface area contributed by atoms with E-state index in [1.807, 2.05) is 0 Å². The van der Waals surface area contributed by atoms with Crippen molar-refractivity contribution in [3.8, 4) is 6.07 Å². The lowest BCUT2D eigenvalue weighted by atomic mass is 9.60. The molecule has 3 N–H and O–H groups in total. The van der Waals surface area contributed by atoms with E-state index in [0.717, 1.165) is 61.8 Å². The van der Waals surface area contributed by atoms with E-state index in [2.05, 4.69) is 36.1 Å². The highest BCUT2D eigenvalue weighted by molar-refractivity contribution is 5.08. The van der Waals surface area contributed by atoms with Gasteiger partial charge in [0.1, 0.15) is 6.17 Å². The number of hydrogen-bond donors (Lipinski definition) is 3. The average Bonchev–Trinajstić information content (AvgIpc) is 3.24. The summed E-state index contributed by atoms with van der Waals surface area (Å²) in [5.74, 6) is 4.32. The third-order valence-electron chi connectivity index (χ3n) is 10.3. The Kier molecular flexibility index (Phi) is 6.36. The first kappa shape index (κ1) is 22.1. The number of nitrogens with zero attached hydrogens (tertiary/aromatic N) is 1. The van der Waals surface area contributed by atoms with Gasteiger partial charge < -0.3 is 5.32 Å². The van der Waals surface area contributed by atoms with Gasteiger partial charge >= 0.3 is 0 Å². The van der Waals surface area contributed by atoms with Crippen LogP contribution in [0.25, 0.3) is 0 Å². The van der Waals surface area contributed by atoms with Gasteiger partial charge in [-0.15, -0.1) is 0 Å². The number of nitriles is 1. The van der Waals surface area contributed by atoms with Gasteiger partial charge in [0, 0.05) is 24.7 Å². The van der Waals surface area contributed by atoms with Crippen LogP contribution in [0.3, 0.4) is 0 Å². The molecule has 3 saturated carbocycles. The molecule has 3 aliphatic carbocycles. The number of nitrogens with one attached hydrogen (secondary N) is 3. The van der Waals surface area contributed by atoms with Crippen LogP contribution in [0, 0.1) is 52.3 Å². The molecule has 5 aliphatic rings. The fourth-order valence-corrected chi connectivity index (χ4v) is 8.30. The molecule has 0 radical (unpaired) electrons. The third-order valence-corrected chi connectivity index (χ3v) is 10.3. The lowest BCUT2D eigenvalue weighted by Crippen LogP contribution is -2.58. The van der Waals surface area contributed by atoms with Crippen molar-refractivity contribution in [3.05, 3.63) is 0 Å². The van der Waals surface area contributed by atoms with Crippen molar-refractivity contribution in [1.29, 1.82) is 5.26 Å². The van der Waals surface area contributed by atoms with Crippen LogP contribution in [0.2, 0.25) is 0 Å². The summed E-state index contributed by atoms with van der Waals surface area (Å²) in [5, 5.41) is 13.4. The summed E-state index contributed by atoms with van der Waals surface area (Å²) in [5.41, 5.74) is 7.25. The molecule has 6 atom stereocenters. The zero-order valence-electron chi connectivity index (χ0n) is 19.6. The summed E-state index contributed by atoms with van der Waals surface area (Å²) in [7, 11) is 0. The van der Waals surface area contributed by atoms with Crippen molar-refractivity contribution in [3.63, 3.8) is 0 Å². The van der Waals surface area contributed by atoms with Gasteiger partial charge in [-0.05, 0) is 120 Å². The molecule has 5 fully saturated rings. The number of fused-ring (bicyclic) bond motifs is 3. The maximum atomic E-state index is 13.7. The number of hydrogen-bond acceptors (Lipinski definition) is 4. The summed E-state index contributed by atoms with van der Waals surface area (Å²) >= 11 is 0. The number of hydrazine groups is 1. The van der Waals surface area contributed by atoms with Crippen molar-refractivity contribution >= 4 is 0 Å². The third kappa shape index (κ3) is 4.30. The molecular weight excluding hydrogens is 387 g/mol. The minimum Gasteiger partial charge on any atom is -0.312 e. The van der Waals surface area contributed by atoms with Crippen LogP contribution in [0.5, 0.6) is 0 Å². The predicted molar refractivity (Wildman–Crippen MR) is 122 cm³/mol. The Morgan fingerprint density at radius 3 is 2.19 bits per heavy atom. The van der Waals surface area contributed by atoms with Crippen molar-refractivity contribution in [2.75, 3.05) is 6.54 Å². The molecule has 2 saturated heterocycles. The summed E-state index contributed by atoms with van der Waals surface area (Å²) < 4.78 is 13.7. The molecular formula is C26H43FN4. The monoisotopic (exact) mass is 430 g/mol. The predicted octanol–water partition coefficient (Wildman–Crippen LogP) is 4.72. The molecule has 0 aromatic carbocycles. The second-order valence-corrected chi connectivity index (χ2v) is 12.2. The van der Waals surface area contributed by atoms with E-state index in [-0.39, 0.29) is 5.41 Å². The molecule has 0 bridgehead atoms. The first-order valence-corrected chi connectivity index (χ1v) is 13.3. The van der Waals surface area contributed by atoms with Gasteiger partial charge in [-0.1, -0.05) is 0 Å². The SMILES string of the molecule is CC(C)(C#N)C1CCC(C2NNC3CNC4CCC(C5CCC(F)CC5)CC4C32)CC1. The van der Waals surface area contributed by atoms with E-state index in [0.29, 0.717) is 24.0 Å². The molecule has 0 aromatic heterocycles. The number of rotatable bonds is 3. The minimum atomic E-state index is -0.540. The fourth-order valence-electron chi connectivity index (χ4n) is 8.30. The van der Waals surface area contributed by atoms with Crippen LogP contribution < -0.4 is 16.2 Å². The maximum absolute atomic E-state index is 13.7. The highest BCUT2D eigenvalue weighted by atomic mass is 19.1. The molecule has 2 aliphatic heterocycles. The molecule has 6 unspecified atom stereocenters. The molecule has 174 valence electrons. The van der Waals surface area contributed by atoms with Crippen LogP contribution in [0.4, 0.5) is 4.39 Å². The van der Waals surface area contributed by atoms with E-state index < -0.39 is 6.17 Å². The Hall–Kier alpha value is -0.700. The van der Waals surface area contributed by atoms with Gasteiger partial charge in [0.15, 0.2) is 0 Å². The van der Waals surface area contributed by atoms with Crippen LogP contribution in [0.1, 0.15) is 84.5 Å². The van der Waals surface area contributed by atoms with Crippen LogP contribution in [-0.4, -0.2) is 30.8 Å². The van der Waals surface area contributed by atoms with E-state index >= 15 is 0 Å². The normalized spacial score (nSPS) is 48.5. The van der Waals surface area contributed by atoms with E-state index in [1.165, 1.54) is 44.9 Å². The Morgan fingerprint density at radius 2 is 1.48 bits per heavy atom. The molecule has 5 heteroatoms. The topological polar surface area (TPSA) is 59.9 Å². The number of piperidine rings is 1. The minimum absolute atomic E-state index is 0.191. The van der Waals surface area contributed by atoms with Crippen molar-refractivity contribution in [2.45, 2.75) is 109 Å². The van der Waals surface area contributed by atoms with Crippen molar-refractivity contribution in [1.82, 2.24) is 16.2 Å². The summed E-state index contributed by atoms with van der Waals surface area (Å²) in [6, 6.07) is 4.35. The molecule has 4 nitrogen and oxygen atoms in total. The van der Waals surface area contributed by atoms with Crippen LogP contribution in [-0.2, 0) is 0 Å². The summed E-state index contributed by atoms with van der Waals surface area (Å²) in [6.07, 6.45) is 12.2. The van der Waals surface area contributed by atoms with E-state index in [9.17, 15) is 9.65 Å². The molecule has 2 heterocycles. The second kappa shape index (κ2) is 8.92. The summed E-state index contributed by atoms with van der Waals surface area (Å²) in [6.45, 7) is 5.34. The highest BCUT2D eigenvalue weighted by Gasteiger charge is 2.52.